The molecule has 12 heterocycles. The summed E-state index contributed by atoms with van der Waals surface area (Å²) in [5.41, 5.74) is 18.0. The van der Waals surface area contributed by atoms with Crippen molar-refractivity contribution in [3.05, 3.63) is 88.7 Å². The van der Waals surface area contributed by atoms with E-state index in [1.54, 1.807) is 27.2 Å². The number of thiazole rings is 2. The molecule has 472 valence electrons. The molecule has 0 aromatic carbocycles. The third kappa shape index (κ3) is 13.8. The number of amides is 1. The number of hydrogen-bond acceptors (Lipinski definition) is 17. The SMILES string of the molecule is CC(C)(C)OC(=O)N1[C@@H]2CC[C@H]1CC(c1nc3c(-c4ccc(-c5nc6c(s5)CCC6)nc4)cnn3c(N(COCC[Si](C)(C)C)COCC[Si](C)(C)C)c1I)C2.Nc1c(I)c(C2C[C@H]3CC[C@@H](C2)N3)nc2c(-c3ccc(-c4nc5c(s4)CCC5)nc3)cnn12. The predicted molar refractivity (Wildman–Crippen MR) is 378 cm³/mol. The number of aryl methyl sites for hydroxylation is 4. The molecule has 1 amide bonds. The Morgan fingerprint density at radius 1 is 0.663 bits per heavy atom. The number of pyridine rings is 2. The van der Waals surface area contributed by atoms with Crippen molar-refractivity contribution in [3.8, 4) is 43.7 Å². The molecule has 0 spiro atoms. The highest BCUT2D eigenvalue weighted by atomic mass is 127. The van der Waals surface area contributed by atoms with Crippen LogP contribution >= 0.6 is 67.9 Å². The first-order chi connectivity index (χ1) is 42.6. The van der Waals surface area contributed by atoms with Gasteiger partial charge >= 0.3 is 6.09 Å². The number of halogens is 2. The molecule has 14 rings (SSSR count). The van der Waals surface area contributed by atoms with Gasteiger partial charge in [0.2, 0.25) is 0 Å². The van der Waals surface area contributed by atoms with E-state index in [2.05, 4.69) is 124 Å². The van der Waals surface area contributed by atoms with Crippen molar-refractivity contribution in [1.29, 1.82) is 0 Å². The molecule has 3 N–H and O–H groups in total. The second kappa shape index (κ2) is 25.7. The smallest absolute Gasteiger partial charge is 0.410 e. The molecule has 4 aliphatic heterocycles. The van der Waals surface area contributed by atoms with Crippen LogP contribution in [0.25, 0.3) is 55.0 Å². The minimum absolute atomic E-state index is 0.116. The lowest BCUT2D eigenvalue weighted by Gasteiger charge is -2.39. The third-order valence-electron chi connectivity index (χ3n) is 18.4. The van der Waals surface area contributed by atoms with Gasteiger partial charge in [0.05, 0.1) is 53.7 Å². The van der Waals surface area contributed by atoms with Gasteiger partial charge in [-0.25, -0.2) is 24.7 Å². The van der Waals surface area contributed by atoms with Crippen molar-refractivity contribution in [1.82, 2.24) is 59.3 Å². The van der Waals surface area contributed by atoms with Crippen LogP contribution in [0.1, 0.15) is 129 Å². The summed E-state index contributed by atoms with van der Waals surface area (Å²) in [4.78, 5) is 50.5. The largest absolute Gasteiger partial charge is 0.444 e. The van der Waals surface area contributed by atoms with Gasteiger partial charge in [-0.05, 0) is 180 Å². The van der Waals surface area contributed by atoms with E-state index in [1.807, 2.05) is 55.0 Å². The Kier molecular flexibility index (Phi) is 18.3. The highest BCUT2D eigenvalue weighted by Crippen LogP contribution is 2.47. The quantitative estimate of drug-likeness (QED) is 0.0377. The van der Waals surface area contributed by atoms with Crippen LogP contribution in [0.15, 0.2) is 49.1 Å². The van der Waals surface area contributed by atoms with E-state index < -0.39 is 21.7 Å². The molecule has 6 aliphatic rings. The van der Waals surface area contributed by atoms with E-state index in [1.165, 1.54) is 46.8 Å². The van der Waals surface area contributed by atoms with Crippen LogP contribution in [0.5, 0.6) is 0 Å². The number of aromatic nitrogens is 10. The highest BCUT2D eigenvalue weighted by Gasteiger charge is 2.47. The molecular weight excluding hydrogens is 1410 g/mol. The molecule has 89 heavy (non-hydrogen) atoms. The number of rotatable bonds is 17. The number of nitrogens with two attached hydrogens (primary N) is 1. The lowest BCUT2D eigenvalue weighted by atomic mass is 9.88. The van der Waals surface area contributed by atoms with Crippen LogP contribution in [0.2, 0.25) is 51.4 Å². The zero-order chi connectivity index (χ0) is 62.1. The number of nitrogen functional groups attached to an aromatic ring is 1. The van der Waals surface area contributed by atoms with Gasteiger partial charge in [0.25, 0.3) is 0 Å². The fraction of sp³-hybridized carbons (Fsp3) is 0.554. The van der Waals surface area contributed by atoms with Crippen molar-refractivity contribution in [3.63, 3.8) is 0 Å². The second-order valence-corrected chi connectivity index (χ2v) is 44.3. The zero-order valence-corrected chi connectivity index (χ0v) is 60.8. The molecule has 8 aromatic rings. The predicted octanol–water partition coefficient (Wildman–Crippen LogP) is 14.7. The van der Waals surface area contributed by atoms with Crippen molar-refractivity contribution in [2.24, 2.45) is 0 Å². The molecule has 4 fully saturated rings. The Morgan fingerprint density at radius 2 is 1.16 bits per heavy atom. The monoisotopic (exact) mass is 1500 g/mol. The number of carbonyl (C=O) groups excluding carboxylic acids is 1. The summed E-state index contributed by atoms with van der Waals surface area (Å²) in [6, 6.07) is 12.0. The van der Waals surface area contributed by atoms with Crippen molar-refractivity contribution in [2.45, 2.75) is 204 Å². The number of anilines is 2. The molecule has 0 radical (unpaired) electrons. The average molecular weight is 1500 g/mol. The molecular formula is C65H84I2N14O4S2Si2. The number of hydrogen-bond donors (Lipinski definition) is 2. The molecule has 18 nitrogen and oxygen atoms in total. The Hall–Kier alpha value is -4.56. The van der Waals surface area contributed by atoms with Gasteiger partial charge in [0.15, 0.2) is 17.1 Å². The minimum atomic E-state index is -1.29. The molecule has 8 aromatic heterocycles. The van der Waals surface area contributed by atoms with Crippen LogP contribution in [-0.4, -0.2) is 133 Å². The van der Waals surface area contributed by atoms with Crippen molar-refractivity contribution >= 4 is 113 Å². The maximum Gasteiger partial charge on any atom is 0.410 e. The van der Waals surface area contributed by atoms with Crippen LogP contribution in [0, 0.1) is 7.14 Å². The number of fused-ring (bicyclic) bond motifs is 8. The summed E-state index contributed by atoms with van der Waals surface area (Å²) in [5.74, 6) is 2.22. The van der Waals surface area contributed by atoms with Crippen LogP contribution < -0.4 is 16.0 Å². The lowest BCUT2D eigenvalue weighted by Crippen LogP contribution is -2.48. The maximum atomic E-state index is 13.4. The van der Waals surface area contributed by atoms with Gasteiger partial charge in [0.1, 0.15) is 34.9 Å². The Balaban J connectivity index is 0.000000186. The van der Waals surface area contributed by atoms with E-state index in [-0.39, 0.29) is 24.1 Å². The second-order valence-electron chi connectivity index (χ2n) is 28.8. The number of piperidine rings is 2. The fourth-order valence-corrected chi connectivity index (χ4v) is 19.4. The Bertz CT molecular complexity index is 3800. The van der Waals surface area contributed by atoms with E-state index in [9.17, 15) is 4.79 Å². The summed E-state index contributed by atoms with van der Waals surface area (Å²) in [6.07, 6.45) is 22.7. The van der Waals surface area contributed by atoms with E-state index in [0.29, 0.717) is 50.5 Å². The normalized spacial score (nSPS) is 21.4. The molecule has 24 heteroatoms. The maximum absolute atomic E-state index is 13.4. The molecule has 2 aliphatic carbocycles. The highest BCUT2D eigenvalue weighted by molar-refractivity contribution is 14.1. The van der Waals surface area contributed by atoms with Gasteiger partial charge < -0.3 is 35.1 Å². The number of carbonyl (C=O) groups is 1. The molecule has 4 saturated heterocycles. The standard InChI is InChI=1S/C41H60IN7O4SSi2.C24H24IN7S/c1-41(2,3)53-40(50)48-29-14-15-30(48)22-28(21-29)36-35(42)39(47(25-51-17-19-55(4,5)6)26-52-18-20-56(7,8)9)49-37(46-36)31(24-44-49)27-13-16-33(43-23-27)38-45-32-11-10-12-34(32)54-38;25-20-21(13-8-14-5-6-15(9-13)29-14)31-23-16(11-28-32(23)22(20)26)12-4-7-18(27-10-12)24-30-17-2-1-3-19(17)33-24/h13,16,23-24,28-30H,10-12,14-15,17-22,25-26H2,1-9H3;4,7,10-11,13-15,29H,1-3,5-6,8-9,26H2/t28?,29-,30+;13?,14-,15+. The van der Waals surface area contributed by atoms with E-state index in [4.69, 9.17) is 54.9 Å². The minimum Gasteiger partial charge on any atom is -0.444 e. The summed E-state index contributed by atoms with van der Waals surface area (Å²) >= 11 is 8.39. The first-order valence-corrected chi connectivity index (χ1v) is 43.3. The first kappa shape index (κ1) is 63.2. The number of nitrogens with one attached hydrogen (secondary N) is 1. The summed E-state index contributed by atoms with van der Waals surface area (Å²) in [7, 11) is -2.57. The Morgan fingerprint density at radius 3 is 1.64 bits per heavy atom. The van der Waals surface area contributed by atoms with Gasteiger partial charge in [-0.15, -0.1) is 22.7 Å². The topological polar surface area (TPSA) is 201 Å². The zero-order valence-electron chi connectivity index (χ0n) is 52.9. The summed E-state index contributed by atoms with van der Waals surface area (Å²) < 4.78 is 24.6. The fourth-order valence-electron chi connectivity index (χ4n) is 13.7. The summed E-state index contributed by atoms with van der Waals surface area (Å²) in [5, 5.41) is 15.3. The van der Waals surface area contributed by atoms with Crippen LogP contribution in [0.3, 0.4) is 0 Å². The molecule has 4 bridgehead atoms. The van der Waals surface area contributed by atoms with E-state index in [0.717, 1.165) is 156 Å². The van der Waals surface area contributed by atoms with Crippen molar-refractivity contribution in [2.75, 3.05) is 37.3 Å². The number of ether oxygens (including phenoxy) is 3. The first-order valence-electron chi connectivity index (χ1n) is 32.1. The van der Waals surface area contributed by atoms with Crippen molar-refractivity contribution < 1.29 is 19.0 Å². The molecule has 6 atom stereocenters. The van der Waals surface area contributed by atoms with Gasteiger partial charge in [-0.2, -0.15) is 19.2 Å². The van der Waals surface area contributed by atoms with Gasteiger partial charge in [-0.1, -0.05) is 51.4 Å². The molecule has 0 saturated carbocycles. The number of nitrogens with zero attached hydrogens (tertiary/aromatic N) is 12. The third-order valence-corrected chi connectivity index (χ3v) is 26.3. The van der Waals surface area contributed by atoms with Crippen LogP contribution in [-0.2, 0) is 39.9 Å². The lowest BCUT2D eigenvalue weighted by molar-refractivity contribution is 0.00565. The van der Waals surface area contributed by atoms with Crippen LogP contribution in [0.4, 0.5) is 16.4 Å². The van der Waals surface area contributed by atoms with Gasteiger partial charge in [-0.3, -0.25) is 9.97 Å². The summed E-state index contributed by atoms with van der Waals surface area (Å²) in [6.45, 7) is 22.3. The van der Waals surface area contributed by atoms with E-state index >= 15 is 0 Å². The molecule has 2 unspecified atom stereocenters. The average Bonchev–Trinajstić information content (AvgIpc) is 1.71. The van der Waals surface area contributed by atoms with Gasteiger partial charge in [0, 0.05) is 110 Å². The Labute approximate surface area is 560 Å².